The summed E-state index contributed by atoms with van der Waals surface area (Å²) in [5.74, 6) is 3.53. The molecule has 4 heteroatoms. The van der Waals surface area contributed by atoms with Gasteiger partial charge >= 0.3 is 0 Å². The van der Waals surface area contributed by atoms with Gasteiger partial charge in [0, 0.05) is 17.3 Å². The lowest BCUT2D eigenvalue weighted by Gasteiger charge is -2.48. The van der Waals surface area contributed by atoms with E-state index in [0.29, 0.717) is 29.6 Å². The van der Waals surface area contributed by atoms with Crippen LogP contribution in [-0.4, -0.2) is 20.7 Å². The Labute approximate surface area is 164 Å². The standard InChI is InChI=1S/C23H36N2O2/c1-14-11-12-17-16(13-14)18-19(26)24-21(25-20(18)27-23(17,4)5)22(2,3)15-9-7-6-8-10-15/h14-17H,6-13H2,1-5H3,(H,24,25,26)/t14-,16-,17?/m1/s1. The molecule has 0 saturated heterocycles. The first-order chi connectivity index (χ1) is 12.7. The summed E-state index contributed by atoms with van der Waals surface area (Å²) < 4.78 is 6.42. The van der Waals surface area contributed by atoms with Crippen molar-refractivity contribution in [3.8, 4) is 11.8 Å². The largest absolute Gasteiger partial charge is 0.493 e. The van der Waals surface area contributed by atoms with Gasteiger partial charge in [-0.15, -0.1) is 0 Å². The van der Waals surface area contributed by atoms with E-state index in [0.717, 1.165) is 24.2 Å². The van der Waals surface area contributed by atoms with Gasteiger partial charge in [-0.3, -0.25) is 0 Å². The molecule has 1 aromatic heterocycles. The zero-order valence-electron chi connectivity index (χ0n) is 17.7. The van der Waals surface area contributed by atoms with Gasteiger partial charge in [0.1, 0.15) is 11.4 Å². The van der Waals surface area contributed by atoms with Gasteiger partial charge in [-0.05, 0) is 51.4 Å². The lowest BCUT2D eigenvalue weighted by molar-refractivity contribution is -0.0197. The summed E-state index contributed by atoms with van der Waals surface area (Å²) in [6.07, 6.45) is 9.83. The van der Waals surface area contributed by atoms with Crippen molar-refractivity contribution in [1.82, 2.24) is 9.97 Å². The Hall–Kier alpha value is -1.32. The number of nitrogens with zero attached hydrogens (tertiary/aromatic N) is 2. The first kappa shape index (κ1) is 19.0. The monoisotopic (exact) mass is 372 g/mol. The summed E-state index contributed by atoms with van der Waals surface area (Å²) in [4.78, 5) is 9.60. The van der Waals surface area contributed by atoms with E-state index in [1.54, 1.807) is 0 Å². The average molecular weight is 373 g/mol. The Bertz CT molecular complexity index is 707. The van der Waals surface area contributed by atoms with Gasteiger partial charge < -0.3 is 9.84 Å². The van der Waals surface area contributed by atoms with E-state index >= 15 is 0 Å². The first-order valence-electron chi connectivity index (χ1n) is 11.0. The molecule has 1 N–H and O–H groups in total. The minimum absolute atomic E-state index is 0.142. The average Bonchev–Trinajstić information content (AvgIpc) is 2.61. The predicted octanol–water partition coefficient (Wildman–Crippen LogP) is 5.73. The molecule has 2 heterocycles. The van der Waals surface area contributed by atoms with Crippen LogP contribution in [0.5, 0.6) is 11.8 Å². The van der Waals surface area contributed by atoms with Crippen LogP contribution < -0.4 is 4.74 Å². The summed E-state index contributed by atoms with van der Waals surface area (Å²) in [5.41, 5.74) is 0.483. The van der Waals surface area contributed by atoms with Crippen LogP contribution in [0.2, 0.25) is 0 Å². The van der Waals surface area contributed by atoms with Crippen molar-refractivity contribution in [1.29, 1.82) is 0 Å². The summed E-state index contributed by atoms with van der Waals surface area (Å²) in [6.45, 7) is 11.2. The van der Waals surface area contributed by atoms with Crippen molar-refractivity contribution in [3.05, 3.63) is 11.4 Å². The Morgan fingerprint density at radius 3 is 2.44 bits per heavy atom. The highest BCUT2D eigenvalue weighted by Gasteiger charge is 2.49. The molecule has 1 aromatic rings. The molecule has 27 heavy (non-hydrogen) atoms. The maximum absolute atomic E-state index is 11.0. The number of rotatable bonds is 2. The summed E-state index contributed by atoms with van der Waals surface area (Å²) in [7, 11) is 0. The molecule has 0 bridgehead atoms. The first-order valence-corrected chi connectivity index (χ1v) is 11.0. The molecule has 3 atom stereocenters. The molecule has 0 amide bonds. The van der Waals surface area contributed by atoms with E-state index in [9.17, 15) is 5.11 Å². The van der Waals surface area contributed by atoms with Crippen LogP contribution in [-0.2, 0) is 5.41 Å². The molecule has 1 aliphatic heterocycles. The van der Waals surface area contributed by atoms with Crippen molar-refractivity contribution in [2.24, 2.45) is 17.8 Å². The number of hydrogen-bond acceptors (Lipinski definition) is 4. The predicted molar refractivity (Wildman–Crippen MR) is 107 cm³/mol. The number of aromatic hydroxyl groups is 1. The van der Waals surface area contributed by atoms with E-state index < -0.39 is 0 Å². The molecule has 2 aliphatic carbocycles. The van der Waals surface area contributed by atoms with Crippen LogP contribution in [0.25, 0.3) is 0 Å². The normalized spacial score (nSPS) is 30.9. The number of aromatic nitrogens is 2. The molecule has 3 aliphatic rings. The van der Waals surface area contributed by atoms with Gasteiger partial charge in [-0.1, -0.05) is 46.5 Å². The van der Waals surface area contributed by atoms with Gasteiger partial charge in [-0.2, -0.15) is 9.97 Å². The Kier molecular flexibility index (Phi) is 4.67. The number of fused-ring (bicyclic) bond motifs is 3. The van der Waals surface area contributed by atoms with Crippen molar-refractivity contribution in [3.63, 3.8) is 0 Å². The van der Waals surface area contributed by atoms with Crippen LogP contribution in [0, 0.1) is 17.8 Å². The highest BCUT2D eigenvalue weighted by atomic mass is 16.5. The van der Waals surface area contributed by atoms with Gasteiger partial charge in [0.05, 0.1) is 5.56 Å². The third-order valence-corrected chi connectivity index (χ3v) is 7.83. The SMILES string of the molecule is C[C@@H]1CCC2[C@@H](C1)c1c(O)nc(C(C)(C)C3CCCCC3)nc1OC2(C)C. The molecule has 0 spiro atoms. The van der Waals surface area contributed by atoms with E-state index in [1.807, 2.05) is 0 Å². The minimum Gasteiger partial charge on any atom is -0.493 e. The maximum atomic E-state index is 11.0. The molecular weight excluding hydrogens is 336 g/mol. The zero-order valence-corrected chi connectivity index (χ0v) is 17.7. The fourth-order valence-electron chi connectivity index (χ4n) is 5.99. The number of ether oxygens (including phenoxy) is 1. The second kappa shape index (κ2) is 6.63. The third kappa shape index (κ3) is 3.23. The lowest BCUT2D eigenvalue weighted by Crippen LogP contribution is -2.47. The van der Waals surface area contributed by atoms with Crippen molar-refractivity contribution in [2.45, 2.75) is 103 Å². The van der Waals surface area contributed by atoms with E-state index in [-0.39, 0.29) is 16.9 Å². The second-order valence-corrected chi connectivity index (χ2v) is 10.5. The van der Waals surface area contributed by atoms with Crippen LogP contribution in [0.15, 0.2) is 0 Å². The zero-order chi connectivity index (χ0) is 19.4. The Morgan fingerprint density at radius 1 is 1.04 bits per heavy atom. The van der Waals surface area contributed by atoms with Crippen molar-refractivity contribution in [2.75, 3.05) is 0 Å². The van der Waals surface area contributed by atoms with Crippen LogP contribution in [0.1, 0.15) is 103 Å². The molecular formula is C23H36N2O2. The van der Waals surface area contributed by atoms with Gasteiger partial charge in [-0.25, -0.2) is 0 Å². The molecule has 150 valence electrons. The van der Waals surface area contributed by atoms with Gasteiger partial charge in [0.2, 0.25) is 11.8 Å². The molecule has 2 saturated carbocycles. The summed E-state index contributed by atoms with van der Waals surface area (Å²) in [6, 6.07) is 0. The Balaban J connectivity index is 1.74. The molecule has 4 nitrogen and oxygen atoms in total. The second-order valence-electron chi connectivity index (χ2n) is 10.5. The topological polar surface area (TPSA) is 55.2 Å². The minimum atomic E-state index is -0.245. The highest BCUT2D eigenvalue weighted by molar-refractivity contribution is 5.42. The third-order valence-electron chi connectivity index (χ3n) is 7.83. The fraction of sp³-hybridized carbons (Fsp3) is 0.826. The molecule has 4 rings (SSSR count). The van der Waals surface area contributed by atoms with Crippen LogP contribution in [0.3, 0.4) is 0 Å². The Morgan fingerprint density at radius 2 is 1.74 bits per heavy atom. The van der Waals surface area contributed by atoms with Crippen molar-refractivity contribution >= 4 is 0 Å². The van der Waals surface area contributed by atoms with Crippen LogP contribution >= 0.6 is 0 Å². The molecule has 0 radical (unpaired) electrons. The van der Waals surface area contributed by atoms with Gasteiger partial charge in [0.25, 0.3) is 0 Å². The van der Waals surface area contributed by atoms with E-state index in [2.05, 4.69) is 39.6 Å². The molecule has 1 unspecified atom stereocenters. The lowest BCUT2D eigenvalue weighted by atomic mass is 9.65. The van der Waals surface area contributed by atoms with Crippen LogP contribution in [0.4, 0.5) is 0 Å². The fourth-order valence-corrected chi connectivity index (χ4v) is 5.99. The molecule has 2 fully saturated rings. The molecule has 0 aromatic carbocycles. The smallest absolute Gasteiger partial charge is 0.224 e. The van der Waals surface area contributed by atoms with E-state index in [4.69, 9.17) is 9.72 Å². The van der Waals surface area contributed by atoms with Gasteiger partial charge in [0.15, 0.2) is 0 Å². The summed E-state index contributed by atoms with van der Waals surface area (Å²) in [5, 5.41) is 11.0. The summed E-state index contributed by atoms with van der Waals surface area (Å²) >= 11 is 0. The number of hydrogen-bond donors (Lipinski definition) is 1. The van der Waals surface area contributed by atoms with Crippen molar-refractivity contribution < 1.29 is 9.84 Å². The maximum Gasteiger partial charge on any atom is 0.224 e. The quantitative estimate of drug-likeness (QED) is 0.720. The highest BCUT2D eigenvalue weighted by Crippen LogP contribution is 2.54. The van der Waals surface area contributed by atoms with E-state index in [1.165, 1.54) is 38.5 Å².